The van der Waals surface area contributed by atoms with Crippen LogP contribution in [0, 0.1) is 11.3 Å². The molecular weight excluding hydrogens is 284 g/mol. The molecule has 2 N–H and O–H groups in total. The van der Waals surface area contributed by atoms with Crippen LogP contribution in [0.1, 0.15) is 20.3 Å². The van der Waals surface area contributed by atoms with Crippen molar-refractivity contribution in [2.75, 3.05) is 6.61 Å². The molecule has 5 nitrogen and oxygen atoms in total. The van der Waals surface area contributed by atoms with Gasteiger partial charge in [0.25, 0.3) is 5.79 Å². The Balaban J connectivity index is 1.99. The lowest BCUT2D eigenvalue weighted by Crippen LogP contribution is -2.70. The summed E-state index contributed by atoms with van der Waals surface area (Å²) in [6, 6.07) is 0. The van der Waals surface area contributed by atoms with E-state index < -0.39 is 22.6 Å². The molecule has 2 saturated heterocycles. The highest BCUT2D eigenvalue weighted by Crippen LogP contribution is 2.77. The van der Waals surface area contributed by atoms with Gasteiger partial charge in [0.05, 0.1) is 17.6 Å². The first-order valence-electron chi connectivity index (χ1n) is 6.63. The lowest BCUT2D eigenvalue weighted by atomic mass is 9.74. The van der Waals surface area contributed by atoms with Crippen LogP contribution in [0.3, 0.4) is 0 Å². The molecule has 1 saturated carbocycles. The Bertz CT molecular complexity index is 613. The molecule has 0 aromatic heterocycles. The zero-order valence-electron chi connectivity index (χ0n) is 11.1. The fraction of sp³-hybridized carbons (Fsp3) is 0.643. The van der Waals surface area contributed by atoms with Gasteiger partial charge in [0, 0.05) is 16.5 Å². The Morgan fingerprint density at radius 3 is 2.90 bits per heavy atom. The van der Waals surface area contributed by atoms with Crippen LogP contribution in [0.25, 0.3) is 0 Å². The maximum Gasteiger partial charge on any atom is 0.251 e. The molecule has 2 heterocycles. The van der Waals surface area contributed by atoms with E-state index in [1.165, 1.54) is 12.2 Å². The van der Waals surface area contributed by atoms with Crippen molar-refractivity contribution in [3.63, 3.8) is 0 Å². The van der Waals surface area contributed by atoms with Gasteiger partial charge in [-0.1, -0.05) is 17.7 Å². The van der Waals surface area contributed by atoms with Gasteiger partial charge in [-0.15, -0.1) is 0 Å². The predicted octanol–water partition coefficient (Wildman–Crippen LogP) is 0.841. The Morgan fingerprint density at radius 2 is 2.25 bits per heavy atom. The third-order valence-electron chi connectivity index (χ3n) is 5.30. The topological polar surface area (TPSA) is 76.0 Å². The molecule has 20 heavy (non-hydrogen) atoms. The van der Waals surface area contributed by atoms with Gasteiger partial charge in [0.1, 0.15) is 0 Å². The monoisotopic (exact) mass is 298 g/mol. The molecule has 4 aliphatic rings. The zero-order chi connectivity index (χ0) is 14.6. The summed E-state index contributed by atoms with van der Waals surface area (Å²) >= 11 is 6.07. The molecule has 0 aromatic carbocycles. The molecule has 2 aliphatic carbocycles. The van der Waals surface area contributed by atoms with Crippen LogP contribution in [0.2, 0.25) is 0 Å². The van der Waals surface area contributed by atoms with E-state index in [9.17, 15) is 15.0 Å². The van der Waals surface area contributed by atoms with E-state index in [0.29, 0.717) is 6.42 Å². The molecule has 108 valence electrons. The van der Waals surface area contributed by atoms with E-state index in [-0.39, 0.29) is 28.9 Å². The van der Waals surface area contributed by atoms with Crippen LogP contribution in [0.4, 0.5) is 0 Å². The number of aliphatic hydroxyl groups is 2. The summed E-state index contributed by atoms with van der Waals surface area (Å²) in [5, 5.41) is 22.0. The van der Waals surface area contributed by atoms with Crippen molar-refractivity contribution in [2.24, 2.45) is 11.3 Å². The molecule has 5 atom stereocenters. The number of ether oxygens (including phenoxy) is 2. The van der Waals surface area contributed by atoms with E-state index in [0.717, 1.165) is 0 Å². The third kappa shape index (κ3) is 1.01. The number of hydrogen-bond acceptors (Lipinski definition) is 5. The second-order valence-electron chi connectivity index (χ2n) is 6.28. The van der Waals surface area contributed by atoms with Crippen molar-refractivity contribution in [1.29, 1.82) is 0 Å². The highest BCUT2D eigenvalue weighted by molar-refractivity contribution is 6.32. The first-order chi connectivity index (χ1) is 9.25. The molecule has 6 heteroatoms. The molecule has 4 rings (SSSR count). The summed E-state index contributed by atoms with van der Waals surface area (Å²) in [7, 11) is 0. The molecule has 2 aliphatic heterocycles. The van der Waals surface area contributed by atoms with Crippen molar-refractivity contribution in [2.45, 2.75) is 37.4 Å². The van der Waals surface area contributed by atoms with Gasteiger partial charge in [0.2, 0.25) is 5.79 Å². The highest BCUT2D eigenvalue weighted by atomic mass is 35.5. The van der Waals surface area contributed by atoms with E-state index in [2.05, 4.69) is 0 Å². The third-order valence-corrected chi connectivity index (χ3v) is 5.72. The fourth-order valence-corrected chi connectivity index (χ4v) is 4.35. The van der Waals surface area contributed by atoms with Crippen LogP contribution in [-0.2, 0) is 14.3 Å². The number of carbonyl (C=O) groups excluding carboxylic acids is 1. The molecule has 1 spiro atoms. The quantitative estimate of drug-likeness (QED) is 0.750. The Kier molecular flexibility index (Phi) is 2.08. The van der Waals surface area contributed by atoms with Gasteiger partial charge in [-0.3, -0.25) is 4.79 Å². The lowest BCUT2D eigenvalue weighted by molar-refractivity contribution is -0.432. The van der Waals surface area contributed by atoms with Crippen molar-refractivity contribution in [3.8, 4) is 0 Å². The van der Waals surface area contributed by atoms with Crippen molar-refractivity contribution >= 4 is 17.4 Å². The summed E-state index contributed by atoms with van der Waals surface area (Å²) in [5.74, 6) is -4.56. The van der Waals surface area contributed by atoms with Gasteiger partial charge >= 0.3 is 0 Å². The molecule has 2 bridgehead atoms. The van der Waals surface area contributed by atoms with Crippen LogP contribution in [0.15, 0.2) is 22.8 Å². The van der Waals surface area contributed by atoms with Crippen molar-refractivity contribution in [3.05, 3.63) is 22.8 Å². The number of hydrogen-bond donors (Lipinski definition) is 2. The number of allylic oxidation sites excluding steroid dienone is 2. The number of ketones is 1. The van der Waals surface area contributed by atoms with Gasteiger partial charge in [-0.2, -0.15) is 0 Å². The van der Waals surface area contributed by atoms with Crippen molar-refractivity contribution in [1.82, 2.24) is 0 Å². The molecule has 0 aromatic rings. The highest BCUT2D eigenvalue weighted by Gasteiger charge is 2.91. The summed E-state index contributed by atoms with van der Waals surface area (Å²) in [5.41, 5.74) is -1.78. The van der Waals surface area contributed by atoms with Crippen LogP contribution >= 0.6 is 11.6 Å². The second-order valence-corrected chi connectivity index (χ2v) is 6.69. The fourth-order valence-electron chi connectivity index (χ4n) is 4.17. The van der Waals surface area contributed by atoms with E-state index >= 15 is 0 Å². The molecular formula is C14H15ClO5. The number of rotatable bonds is 1. The minimum absolute atomic E-state index is 0.0643. The Labute approximate surface area is 120 Å². The van der Waals surface area contributed by atoms with E-state index in [1.807, 2.05) is 0 Å². The Hall–Kier alpha value is -0.720. The molecule has 3 fully saturated rings. The van der Waals surface area contributed by atoms with Gasteiger partial charge < -0.3 is 19.7 Å². The number of fused-ring (bicyclic) bond motifs is 2. The summed E-state index contributed by atoms with van der Waals surface area (Å²) in [6.07, 6.45) is 3.33. The normalized spacial score (nSPS) is 56.5. The summed E-state index contributed by atoms with van der Waals surface area (Å²) < 4.78 is 11.3. The average Bonchev–Trinajstić information content (AvgIpc) is 3.13. The molecule has 0 unspecified atom stereocenters. The average molecular weight is 299 g/mol. The number of carbonyl (C=O) groups is 1. The summed E-state index contributed by atoms with van der Waals surface area (Å²) in [4.78, 5) is 12.5. The standard InChI is InChI=1S/C14H15ClO5/c1-3-8(15)7-4-10(16)12-5-9(12)11(2)6-19-13(7,17)14(12,18)20-11/h3-4,9,17-18H,5-6H2,1-2H3/b8-3-/t9-,11-,12+,13+,14-/m0/s1. The molecule has 0 amide bonds. The van der Waals surface area contributed by atoms with Gasteiger partial charge in [-0.05, 0) is 26.3 Å². The SMILES string of the molecule is C/C=C(\Cl)C1=CC(=O)[C@@]23C[C@H]2[C@]2(C)CO[C@@]1(O)[C@@]3(O)O2. The predicted molar refractivity (Wildman–Crippen MR) is 68.6 cm³/mol. The zero-order valence-corrected chi connectivity index (χ0v) is 11.9. The maximum atomic E-state index is 12.5. The first-order valence-corrected chi connectivity index (χ1v) is 7.01. The van der Waals surface area contributed by atoms with Crippen LogP contribution in [0.5, 0.6) is 0 Å². The lowest BCUT2D eigenvalue weighted by Gasteiger charge is -2.52. The van der Waals surface area contributed by atoms with Crippen molar-refractivity contribution < 1.29 is 24.5 Å². The first kappa shape index (κ1) is 13.0. The van der Waals surface area contributed by atoms with E-state index in [1.54, 1.807) is 13.8 Å². The number of halogens is 1. The van der Waals surface area contributed by atoms with Crippen LogP contribution in [-0.4, -0.2) is 39.8 Å². The minimum Gasteiger partial charge on any atom is -0.360 e. The smallest absolute Gasteiger partial charge is 0.251 e. The maximum absolute atomic E-state index is 12.5. The van der Waals surface area contributed by atoms with Crippen LogP contribution < -0.4 is 0 Å². The second kappa shape index (κ2) is 3.20. The Morgan fingerprint density at radius 1 is 1.55 bits per heavy atom. The van der Waals surface area contributed by atoms with E-state index in [4.69, 9.17) is 21.1 Å². The summed E-state index contributed by atoms with van der Waals surface area (Å²) in [6.45, 7) is 3.58. The van der Waals surface area contributed by atoms with Gasteiger partial charge in [0.15, 0.2) is 5.78 Å². The van der Waals surface area contributed by atoms with Gasteiger partial charge in [-0.25, -0.2) is 0 Å². The molecule has 0 radical (unpaired) electrons. The minimum atomic E-state index is -2.10. The largest absolute Gasteiger partial charge is 0.360 e.